The minimum Gasteiger partial charge on any atom is -0.272 e. The average Bonchev–Trinajstić information content (AvgIpc) is 3.16. The number of piperidine rings is 1. The molecule has 1 aromatic rings. The van der Waals surface area contributed by atoms with E-state index in [-0.39, 0.29) is 11.5 Å². The molecule has 2 bridgehead atoms. The van der Waals surface area contributed by atoms with Gasteiger partial charge in [0.15, 0.2) is 0 Å². The topological polar surface area (TPSA) is 66.5 Å². The second kappa shape index (κ2) is 4.68. The summed E-state index contributed by atoms with van der Waals surface area (Å²) in [4.78, 5) is 38.1. The predicted molar refractivity (Wildman–Crippen MR) is 85.5 cm³/mol. The van der Waals surface area contributed by atoms with E-state index >= 15 is 0 Å². The van der Waals surface area contributed by atoms with Gasteiger partial charge >= 0.3 is 6.18 Å². The van der Waals surface area contributed by atoms with Gasteiger partial charge in [0.1, 0.15) is 0 Å². The van der Waals surface area contributed by atoms with E-state index < -0.39 is 46.2 Å². The third-order valence-electron chi connectivity index (χ3n) is 6.30. The van der Waals surface area contributed by atoms with Crippen LogP contribution in [0.1, 0.15) is 22.3 Å². The van der Waals surface area contributed by atoms with Crippen LogP contribution in [0.25, 0.3) is 0 Å². The maximum absolute atomic E-state index is 13.0. The summed E-state index contributed by atoms with van der Waals surface area (Å²) in [5.74, 6) is -2.37. The van der Waals surface area contributed by atoms with Crippen LogP contribution in [0.3, 0.4) is 0 Å². The van der Waals surface area contributed by atoms with Crippen molar-refractivity contribution in [3.8, 4) is 0 Å². The van der Waals surface area contributed by atoms with Crippen molar-refractivity contribution in [2.45, 2.75) is 12.6 Å². The maximum Gasteiger partial charge on any atom is 0.416 e. The Balaban J connectivity index is 1.37. The van der Waals surface area contributed by atoms with Crippen LogP contribution in [-0.4, -0.2) is 22.7 Å². The van der Waals surface area contributed by atoms with Crippen LogP contribution in [0.15, 0.2) is 48.6 Å². The molecule has 1 N–H and O–H groups in total. The number of hydrazine groups is 1. The second-order valence-electron chi connectivity index (χ2n) is 7.35. The molecule has 0 aromatic heterocycles. The standard InChI is InChI=1S/C19H13F3N2O3/c20-19(21,22)12-5-3-10(4-6-12)14(25)23-24-15(26)13-17-8-1-2-11(7-9-17)18(13,17)16(24)27/h1-7,9,11,13H,8H2,(H,23,25)/t11?,13-,17?,18-/m0/s1. The molecule has 0 radical (unpaired) electrons. The van der Waals surface area contributed by atoms with E-state index in [9.17, 15) is 27.6 Å². The molecule has 1 saturated heterocycles. The lowest BCUT2D eigenvalue weighted by Crippen LogP contribution is -2.51. The summed E-state index contributed by atoms with van der Waals surface area (Å²) in [6, 6.07) is 3.59. The van der Waals surface area contributed by atoms with E-state index in [1.807, 2.05) is 24.3 Å². The van der Waals surface area contributed by atoms with Crippen molar-refractivity contribution in [3.63, 3.8) is 0 Å². The predicted octanol–water partition coefficient (Wildman–Crippen LogP) is 2.47. The zero-order valence-corrected chi connectivity index (χ0v) is 13.8. The van der Waals surface area contributed by atoms with E-state index in [1.54, 1.807) is 0 Å². The molecule has 1 aliphatic heterocycles. The lowest BCUT2D eigenvalue weighted by molar-refractivity contribution is -0.148. The first kappa shape index (κ1) is 16.3. The van der Waals surface area contributed by atoms with E-state index in [4.69, 9.17) is 0 Å². The number of nitrogens with one attached hydrogen (secondary N) is 1. The number of carbonyl (C=O) groups is 3. The minimum atomic E-state index is -4.51. The van der Waals surface area contributed by atoms with Gasteiger partial charge in [0.05, 0.1) is 16.9 Å². The SMILES string of the molecule is O=C(NN1C(=O)[C@H]2C34C=CC(C=CC3)[C@@]24C1=O)c1ccc(C(F)(F)F)cc1. The first-order valence-electron chi connectivity index (χ1n) is 8.46. The fourth-order valence-corrected chi connectivity index (χ4v) is 5.10. The normalized spacial score (nSPS) is 35.3. The smallest absolute Gasteiger partial charge is 0.272 e. The Morgan fingerprint density at radius 1 is 1.15 bits per heavy atom. The Bertz CT molecular complexity index is 965. The molecule has 2 fully saturated rings. The summed E-state index contributed by atoms with van der Waals surface area (Å²) >= 11 is 0. The number of nitrogens with zero attached hydrogens (tertiary/aromatic N) is 1. The van der Waals surface area contributed by atoms with Gasteiger partial charge in [-0.05, 0) is 30.7 Å². The number of halogens is 3. The Morgan fingerprint density at radius 2 is 1.85 bits per heavy atom. The molecule has 3 aliphatic carbocycles. The number of imide groups is 1. The van der Waals surface area contributed by atoms with Gasteiger partial charge in [-0.25, -0.2) is 0 Å². The minimum absolute atomic E-state index is 0.0685. The van der Waals surface area contributed by atoms with Gasteiger partial charge in [0.2, 0.25) is 0 Å². The van der Waals surface area contributed by atoms with Crippen LogP contribution in [-0.2, 0) is 15.8 Å². The first-order valence-corrected chi connectivity index (χ1v) is 8.46. The molecule has 27 heavy (non-hydrogen) atoms. The van der Waals surface area contributed by atoms with E-state index in [2.05, 4.69) is 5.43 Å². The number of carbonyl (C=O) groups excluding carboxylic acids is 3. The summed E-state index contributed by atoms with van der Waals surface area (Å²) < 4.78 is 37.9. The molecule has 1 saturated carbocycles. The van der Waals surface area contributed by atoms with Gasteiger partial charge in [-0.2, -0.15) is 18.2 Å². The van der Waals surface area contributed by atoms with Crippen LogP contribution in [0.2, 0.25) is 0 Å². The number of allylic oxidation sites excluding steroid dienone is 4. The molecule has 5 rings (SSSR count). The summed E-state index contributed by atoms with van der Waals surface area (Å²) in [7, 11) is 0. The van der Waals surface area contributed by atoms with Gasteiger partial charge in [-0.1, -0.05) is 24.3 Å². The number of rotatable bonds is 2. The fraction of sp³-hybridized carbons (Fsp3) is 0.316. The number of hydrogen-bond donors (Lipinski definition) is 1. The molecule has 8 heteroatoms. The highest BCUT2D eigenvalue weighted by atomic mass is 19.4. The highest BCUT2D eigenvalue weighted by Crippen LogP contribution is 2.83. The third kappa shape index (κ3) is 1.73. The van der Waals surface area contributed by atoms with Crippen LogP contribution < -0.4 is 5.43 Å². The van der Waals surface area contributed by atoms with Crippen molar-refractivity contribution < 1.29 is 27.6 Å². The van der Waals surface area contributed by atoms with Crippen molar-refractivity contribution in [2.75, 3.05) is 0 Å². The number of benzene rings is 1. The summed E-state index contributed by atoms with van der Waals surface area (Å²) in [5, 5.41) is 0.738. The van der Waals surface area contributed by atoms with Crippen LogP contribution >= 0.6 is 0 Å². The lowest BCUT2D eigenvalue weighted by atomic mass is 9.81. The van der Waals surface area contributed by atoms with E-state index in [1.165, 1.54) is 0 Å². The fourth-order valence-electron chi connectivity index (χ4n) is 5.10. The van der Waals surface area contributed by atoms with Gasteiger partial charge < -0.3 is 0 Å². The van der Waals surface area contributed by atoms with Crippen LogP contribution in [0.5, 0.6) is 0 Å². The second-order valence-corrected chi connectivity index (χ2v) is 7.35. The molecule has 2 unspecified atom stereocenters. The van der Waals surface area contributed by atoms with Crippen molar-refractivity contribution in [1.29, 1.82) is 0 Å². The Labute approximate surface area is 151 Å². The first-order chi connectivity index (χ1) is 12.7. The summed E-state index contributed by atoms with van der Waals surface area (Å²) in [6.07, 6.45) is 3.85. The van der Waals surface area contributed by atoms with E-state index in [0.717, 1.165) is 29.3 Å². The molecule has 1 aromatic carbocycles. The molecule has 4 atom stereocenters. The molecule has 3 amide bonds. The lowest BCUT2D eigenvalue weighted by Gasteiger charge is -2.28. The molecular weight excluding hydrogens is 361 g/mol. The van der Waals surface area contributed by atoms with Crippen LogP contribution in [0.4, 0.5) is 13.2 Å². The van der Waals surface area contributed by atoms with Crippen molar-refractivity contribution in [3.05, 3.63) is 59.7 Å². The van der Waals surface area contributed by atoms with E-state index in [0.29, 0.717) is 6.42 Å². The third-order valence-corrected chi connectivity index (χ3v) is 6.30. The Morgan fingerprint density at radius 3 is 2.52 bits per heavy atom. The summed E-state index contributed by atoms with van der Waals surface area (Å²) in [5.41, 5.74) is 0.000529. The Kier molecular flexibility index (Phi) is 2.82. The van der Waals surface area contributed by atoms with Crippen LogP contribution in [0, 0.1) is 22.7 Å². The molecular formula is C19H13F3N2O3. The summed E-state index contributed by atoms with van der Waals surface area (Å²) in [6.45, 7) is 0. The molecule has 1 spiro atoms. The zero-order chi connectivity index (χ0) is 19.2. The number of amides is 3. The van der Waals surface area contributed by atoms with Crippen molar-refractivity contribution in [2.24, 2.45) is 22.7 Å². The number of alkyl halides is 3. The van der Waals surface area contributed by atoms with Gasteiger partial charge in [0, 0.05) is 16.9 Å². The van der Waals surface area contributed by atoms with Gasteiger partial charge in [0.25, 0.3) is 17.7 Å². The van der Waals surface area contributed by atoms with Crippen molar-refractivity contribution >= 4 is 17.7 Å². The Hall–Kier alpha value is -2.90. The van der Waals surface area contributed by atoms with Gasteiger partial charge in [-0.15, -0.1) is 0 Å². The number of hydrogen-bond acceptors (Lipinski definition) is 3. The molecule has 1 heterocycles. The zero-order valence-electron chi connectivity index (χ0n) is 13.8. The monoisotopic (exact) mass is 374 g/mol. The van der Waals surface area contributed by atoms with Gasteiger partial charge in [-0.3, -0.25) is 19.8 Å². The average molecular weight is 374 g/mol. The highest BCUT2D eigenvalue weighted by Gasteiger charge is 2.90. The maximum atomic E-state index is 13.0. The highest BCUT2D eigenvalue weighted by molar-refractivity contribution is 6.16. The molecule has 4 aliphatic rings. The quantitative estimate of drug-likeness (QED) is 0.639. The van der Waals surface area contributed by atoms with Crippen molar-refractivity contribution in [1.82, 2.24) is 10.4 Å². The largest absolute Gasteiger partial charge is 0.416 e. The molecule has 138 valence electrons. The molecule has 5 nitrogen and oxygen atoms in total.